The van der Waals surface area contributed by atoms with Crippen molar-refractivity contribution in [3.05, 3.63) is 76.9 Å². The van der Waals surface area contributed by atoms with Crippen LogP contribution in [0.3, 0.4) is 0 Å². The molecule has 1 N–H and O–H groups in total. The van der Waals surface area contributed by atoms with E-state index in [2.05, 4.69) is 91.8 Å². The van der Waals surface area contributed by atoms with Crippen molar-refractivity contribution in [2.75, 3.05) is 26.2 Å². The summed E-state index contributed by atoms with van der Waals surface area (Å²) in [6.45, 7) is 9.57. The minimum atomic E-state index is -0.217. The number of benzene rings is 2. The Kier molecular flexibility index (Phi) is 5.06. The van der Waals surface area contributed by atoms with E-state index in [4.69, 9.17) is 9.57 Å². The number of nitrogens with one attached hydrogen (secondary N) is 1. The minimum absolute atomic E-state index is 0.101. The molecule has 0 bridgehead atoms. The van der Waals surface area contributed by atoms with E-state index >= 15 is 0 Å². The number of hydroxylamine groups is 2. The molecule has 0 amide bonds. The molecule has 2 aromatic carbocycles. The molecule has 4 heteroatoms. The van der Waals surface area contributed by atoms with Crippen LogP contribution in [-0.2, 0) is 16.0 Å². The number of hydrogen-bond acceptors (Lipinski definition) is 4. The zero-order valence-electron chi connectivity index (χ0n) is 18.2. The summed E-state index contributed by atoms with van der Waals surface area (Å²) in [5.41, 5.74) is 5.16. The number of nitrogens with zero attached hydrogens (tertiary/aromatic N) is 1. The molecule has 2 fully saturated rings. The smallest absolute Gasteiger partial charge is 0.0929 e. The number of fused-ring (bicyclic) bond motifs is 2. The van der Waals surface area contributed by atoms with Gasteiger partial charge in [0.1, 0.15) is 0 Å². The summed E-state index contributed by atoms with van der Waals surface area (Å²) in [5, 5.41) is 6.05. The van der Waals surface area contributed by atoms with Crippen LogP contribution < -0.4 is 5.32 Å². The van der Waals surface area contributed by atoms with Crippen LogP contribution in [0.5, 0.6) is 0 Å². The lowest BCUT2D eigenvalue weighted by atomic mass is 9.73. The highest BCUT2D eigenvalue weighted by Crippen LogP contribution is 2.49. The maximum Gasteiger partial charge on any atom is 0.0929 e. The van der Waals surface area contributed by atoms with Crippen molar-refractivity contribution in [2.24, 2.45) is 0 Å². The predicted molar refractivity (Wildman–Crippen MR) is 120 cm³/mol. The second-order valence-corrected chi connectivity index (χ2v) is 9.80. The Balaban J connectivity index is 1.53. The van der Waals surface area contributed by atoms with Crippen molar-refractivity contribution in [1.82, 2.24) is 10.4 Å². The van der Waals surface area contributed by atoms with E-state index in [0.29, 0.717) is 0 Å². The van der Waals surface area contributed by atoms with Crippen LogP contribution >= 0.6 is 0 Å². The van der Waals surface area contributed by atoms with E-state index < -0.39 is 0 Å². The van der Waals surface area contributed by atoms with Gasteiger partial charge in [-0.15, -0.1) is 0 Å². The second-order valence-electron chi connectivity index (χ2n) is 9.80. The Labute approximate surface area is 179 Å². The third-order valence-corrected chi connectivity index (χ3v) is 6.45. The maximum absolute atomic E-state index is 6.36. The molecule has 0 spiro atoms. The van der Waals surface area contributed by atoms with Gasteiger partial charge in [-0.3, -0.25) is 4.84 Å². The zero-order valence-corrected chi connectivity index (χ0v) is 18.2. The molecule has 3 atom stereocenters. The van der Waals surface area contributed by atoms with E-state index in [0.717, 1.165) is 32.7 Å². The number of hydrogen-bond donors (Lipinski definition) is 1. The lowest BCUT2D eigenvalue weighted by molar-refractivity contribution is -0.221. The lowest BCUT2D eigenvalue weighted by Crippen LogP contribution is -2.63. The molecule has 4 nitrogen and oxygen atoms in total. The molecular weight excluding hydrogens is 372 g/mol. The van der Waals surface area contributed by atoms with E-state index in [1.807, 2.05) is 0 Å². The van der Waals surface area contributed by atoms with Crippen LogP contribution in [0.1, 0.15) is 43.4 Å². The molecule has 158 valence electrons. The van der Waals surface area contributed by atoms with E-state index in [1.165, 1.54) is 22.3 Å². The number of morpholine rings is 1. The zero-order chi connectivity index (χ0) is 20.8. The highest BCUT2D eigenvalue weighted by molar-refractivity contribution is 5.69. The first kappa shape index (κ1) is 20.0. The van der Waals surface area contributed by atoms with Crippen molar-refractivity contribution in [3.8, 4) is 0 Å². The molecule has 0 saturated carbocycles. The molecule has 1 aliphatic carbocycles. The standard InChI is InChI=1S/C26H32N2O2/c1-25(2,3)30-28-17-23-26(18-28,27-13-14-29-23)24-21(15-19-9-5-4-6-10-19)16-20-11-7-8-12-22(20)24/h4-12,16,23-24,27H,13-15,17-18H2,1-3H3/t23-,24?,26+/m1/s1. The first-order valence-corrected chi connectivity index (χ1v) is 11.1. The summed E-state index contributed by atoms with van der Waals surface area (Å²) in [7, 11) is 0. The maximum atomic E-state index is 6.36. The molecule has 2 saturated heterocycles. The van der Waals surface area contributed by atoms with E-state index in [1.54, 1.807) is 0 Å². The van der Waals surface area contributed by atoms with Gasteiger partial charge in [-0.25, -0.2) is 0 Å². The predicted octanol–water partition coefficient (Wildman–Crippen LogP) is 4.18. The fourth-order valence-electron chi connectivity index (χ4n) is 5.48. The van der Waals surface area contributed by atoms with Crippen molar-refractivity contribution in [2.45, 2.75) is 50.4 Å². The Morgan fingerprint density at radius 1 is 1.10 bits per heavy atom. The Morgan fingerprint density at radius 3 is 2.67 bits per heavy atom. The summed E-state index contributed by atoms with van der Waals surface area (Å²) < 4.78 is 6.36. The van der Waals surface area contributed by atoms with Crippen LogP contribution in [0.25, 0.3) is 6.08 Å². The van der Waals surface area contributed by atoms with E-state index in [9.17, 15) is 0 Å². The normalized spacial score (nSPS) is 28.8. The summed E-state index contributed by atoms with van der Waals surface area (Å²) in [5.74, 6) is 0.271. The van der Waals surface area contributed by atoms with Gasteiger partial charge < -0.3 is 10.1 Å². The fourth-order valence-corrected chi connectivity index (χ4v) is 5.48. The van der Waals surface area contributed by atoms with Crippen molar-refractivity contribution in [1.29, 1.82) is 0 Å². The first-order valence-electron chi connectivity index (χ1n) is 11.1. The van der Waals surface area contributed by atoms with Gasteiger partial charge in [-0.05, 0) is 43.9 Å². The molecular formula is C26H32N2O2. The Bertz CT molecular complexity index is 934. The SMILES string of the molecule is CC(C)(C)ON1C[C@H]2OCCN[C@@]2(C2C(Cc3ccccc3)=Cc3ccccc32)C1. The quantitative estimate of drug-likeness (QED) is 0.829. The molecule has 5 rings (SSSR count). The minimum Gasteiger partial charge on any atom is -0.373 e. The average Bonchev–Trinajstić information content (AvgIpc) is 3.25. The van der Waals surface area contributed by atoms with Crippen LogP contribution in [0.4, 0.5) is 0 Å². The fraction of sp³-hybridized carbons (Fsp3) is 0.462. The summed E-state index contributed by atoms with van der Waals surface area (Å²) >= 11 is 0. The van der Waals surface area contributed by atoms with Gasteiger partial charge in [0.05, 0.1) is 30.4 Å². The van der Waals surface area contributed by atoms with Gasteiger partial charge in [-0.1, -0.05) is 66.2 Å². The molecule has 2 aliphatic heterocycles. The van der Waals surface area contributed by atoms with Crippen molar-refractivity contribution >= 4 is 6.08 Å². The second kappa shape index (κ2) is 7.61. The Morgan fingerprint density at radius 2 is 1.87 bits per heavy atom. The molecule has 1 unspecified atom stereocenters. The van der Waals surface area contributed by atoms with E-state index in [-0.39, 0.29) is 23.2 Å². The lowest BCUT2D eigenvalue weighted by Gasteiger charge is -2.45. The summed E-state index contributed by atoms with van der Waals surface area (Å²) in [6.07, 6.45) is 3.46. The van der Waals surface area contributed by atoms with Crippen LogP contribution in [-0.4, -0.2) is 48.5 Å². The van der Waals surface area contributed by atoms with Gasteiger partial charge in [-0.2, -0.15) is 5.06 Å². The molecule has 30 heavy (non-hydrogen) atoms. The summed E-state index contributed by atoms with van der Waals surface area (Å²) in [4.78, 5) is 6.31. The summed E-state index contributed by atoms with van der Waals surface area (Å²) in [6, 6.07) is 19.6. The van der Waals surface area contributed by atoms with Gasteiger partial charge in [0.2, 0.25) is 0 Å². The third kappa shape index (κ3) is 3.63. The molecule has 2 heterocycles. The molecule has 2 aromatic rings. The van der Waals surface area contributed by atoms with Gasteiger partial charge in [0.15, 0.2) is 0 Å². The van der Waals surface area contributed by atoms with Crippen molar-refractivity contribution < 1.29 is 9.57 Å². The van der Waals surface area contributed by atoms with Crippen LogP contribution in [0.15, 0.2) is 60.2 Å². The van der Waals surface area contributed by atoms with Gasteiger partial charge in [0.25, 0.3) is 0 Å². The number of rotatable bonds is 4. The average molecular weight is 405 g/mol. The highest BCUT2D eigenvalue weighted by atomic mass is 16.7. The van der Waals surface area contributed by atoms with Crippen molar-refractivity contribution in [3.63, 3.8) is 0 Å². The first-order chi connectivity index (χ1) is 14.4. The monoisotopic (exact) mass is 404 g/mol. The van der Waals surface area contributed by atoms with Gasteiger partial charge in [0, 0.05) is 19.0 Å². The largest absolute Gasteiger partial charge is 0.373 e. The molecule has 0 radical (unpaired) electrons. The topological polar surface area (TPSA) is 33.7 Å². The van der Waals surface area contributed by atoms with Crippen LogP contribution in [0, 0.1) is 0 Å². The van der Waals surface area contributed by atoms with Gasteiger partial charge >= 0.3 is 0 Å². The van der Waals surface area contributed by atoms with Crippen LogP contribution in [0.2, 0.25) is 0 Å². The Hall–Kier alpha value is -1.98. The molecule has 3 aliphatic rings. The number of ether oxygens (including phenoxy) is 1. The molecule has 0 aromatic heterocycles. The third-order valence-electron chi connectivity index (χ3n) is 6.45. The highest BCUT2D eigenvalue weighted by Gasteiger charge is 2.57.